The van der Waals surface area contributed by atoms with E-state index in [-0.39, 0.29) is 30.7 Å². The average molecular weight is 418 g/mol. The number of anilines is 1. The van der Waals surface area contributed by atoms with Crippen molar-refractivity contribution in [2.75, 3.05) is 38.6 Å². The Labute approximate surface area is 175 Å². The van der Waals surface area contributed by atoms with Crippen molar-refractivity contribution in [1.82, 2.24) is 10.2 Å². The highest BCUT2D eigenvalue weighted by molar-refractivity contribution is 5.97. The molecule has 0 aromatic heterocycles. The molecule has 7 heteroatoms. The van der Waals surface area contributed by atoms with Crippen LogP contribution in [-0.4, -0.2) is 49.7 Å². The zero-order valence-corrected chi connectivity index (χ0v) is 17.8. The van der Waals surface area contributed by atoms with Crippen molar-refractivity contribution in [1.29, 1.82) is 0 Å². The second kappa shape index (κ2) is 11.9. The third-order valence-electron chi connectivity index (χ3n) is 5.53. The number of carbonyl (C=O) groups is 1. The minimum Gasteiger partial charge on any atom is -0.368 e. The van der Waals surface area contributed by atoms with Gasteiger partial charge in [0, 0.05) is 19.3 Å². The van der Waals surface area contributed by atoms with Crippen molar-refractivity contribution >= 4 is 36.4 Å². The van der Waals surface area contributed by atoms with Crippen molar-refractivity contribution in [3.8, 4) is 0 Å². The summed E-state index contributed by atoms with van der Waals surface area (Å²) in [6.07, 6.45) is 6.76. The van der Waals surface area contributed by atoms with E-state index in [0.717, 1.165) is 25.3 Å². The van der Waals surface area contributed by atoms with Gasteiger partial charge in [-0.15, -0.1) is 24.8 Å². The molecule has 0 spiro atoms. The Kier molecular flexibility index (Phi) is 10.6. The summed E-state index contributed by atoms with van der Waals surface area (Å²) in [4.78, 5) is 15.2. The monoisotopic (exact) mass is 417 g/mol. The van der Waals surface area contributed by atoms with Gasteiger partial charge in [0.25, 0.3) is 5.91 Å². The Morgan fingerprint density at radius 3 is 2.22 bits per heavy atom. The highest BCUT2D eigenvalue weighted by atomic mass is 35.5. The van der Waals surface area contributed by atoms with Crippen LogP contribution in [-0.2, 0) is 16.1 Å². The number of nitrogens with one attached hydrogen (secondary N) is 2. The number of carbonyl (C=O) groups excluding carboxylic acids is 1. The van der Waals surface area contributed by atoms with E-state index in [9.17, 15) is 4.79 Å². The third-order valence-corrected chi connectivity index (χ3v) is 5.53. The van der Waals surface area contributed by atoms with E-state index < -0.39 is 5.60 Å². The molecule has 27 heavy (non-hydrogen) atoms. The molecule has 154 valence electrons. The standard InChI is InChI=1S/C20H31N3O2.2ClH/c1-25-20(10-12-21-13-11-20)19(24)22-18-8-6-17(7-9-18)16-23-14-4-2-3-5-15-23;;/h6-9,21H,2-5,10-16H2,1H3,(H,22,24);2*1H. The molecule has 3 rings (SSSR count). The lowest BCUT2D eigenvalue weighted by molar-refractivity contribution is -0.140. The first kappa shape index (κ1) is 24.2. The van der Waals surface area contributed by atoms with Crippen LogP contribution < -0.4 is 10.6 Å². The largest absolute Gasteiger partial charge is 0.368 e. The zero-order chi connectivity index (χ0) is 17.5. The van der Waals surface area contributed by atoms with Gasteiger partial charge in [-0.3, -0.25) is 9.69 Å². The minimum absolute atomic E-state index is 0. The number of likely N-dealkylation sites (tertiary alicyclic amines) is 1. The van der Waals surface area contributed by atoms with E-state index in [1.54, 1.807) is 7.11 Å². The van der Waals surface area contributed by atoms with Crippen LogP contribution in [0.1, 0.15) is 44.1 Å². The lowest BCUT2D eigenvalue weighted by Gasteiger charge is -2.34. The smallest absolute Gasteiger partial charge is 0.256 e. The molecule has 5 nitrogen and oxygen atoms in total. The van der Waals surface area contributed by atoms with E-state index in [4.69, 9.17) is 4.74 Å². The summed E-state index contributed by atoms with van der Waals surface area (Å²) >= 11 is 0. The second-order valence-corrected chi connectivity index (χ2v) is 7.29. The fraction of sp³-hybridized carbons (Fsp3) is 0.650. The number of benzene rings is 1. The molecule has 2 N–H and O–H groups in total. The van der Waals surface area contributed by atoms with Gasteiger partial charge in [-0.1, -0.05) is 25.0 Å². The molecular weight excluding hydrogens is 385 g/mol. The number of amides is 1. The van der Waals surface area contributed by atoms with Gasteiger partial charge in [0.1, 0.15) is 5.60 Å². The highest BCUT2D eigenvalue weighted by Crippen LogP contribution is 2.25. The van der Waals surface area contributed by atoms with Gasteiger partial charge < -0.3 is 15.4 Å². The summed E-state index contributed by atoms with van der Waals surface area (Å²) in [6, 6.07) is 8.27. The lowest BCUT2D eigenvalue weighted by atomic mass is 9.91. The van der Waals surface area contributed by atoms with Gasteiger partial charge in [-0.05, 0) is 69.6 Å². The van der Waals surface area contributed by atoms with E-state index >= 15 is 0 Å². The molecule has 2 heterocycles. The maximum atomic E-state index is 12.7. The van der Waals surface area contributed by atoms with Gasteiger partial charge >= 0.3 is 0 Å². The van der Waals surface area contributed by atoms with Crippen molar-refractivity contribution in [3.63, 3.8) is 0 Å². The lowest BCUT2D eigenvalue weighted by Crippen LogP contribution is -2.51. The first-order chi connectivity index (χ1) is 12.2. The molecule has 0 atom stereocenters. The van der Waals surface area contributed by atoms with Crippen LogP contribution in [0.3, 0.4) is 0 Å². The predicted molar refractivity (Wildman–Crippen MR) is 115 cm³/mol. The van der Waals surface area contributed by atoms with Crippen LogP contribution >= 0.6 is 24.8 Å². The molecule has 0 bridgehead atoms. The van der Waals surface area contributed by atoms with Crippen LogP contribution in [0, 0.1) is 0 Å². The van der Waals surface area contributed by atoms with E-state index in [2.05, 4.69) is 27.7 Å². The topological polar surface area (TPSA) is 53.6 Å². The van der Waals surface area contributed by atoms with Gasteiger partial charge in [-0.2, -0.15) is 0 Å². The molecule has 1 aromatic rings. The maximum Gasteiger partial charge on any atom is 0.256 e. The van der Waals surface area contributed by atoms with Crippen LogP contribution in [0.4, 0.5) is 5.69 Å². The third kappa shape index (κ3) is 6.61. The van der Waals surface area contributed by atoms with Crippen LogP contribution in [0.15, 0.2) is 24.3 Å². The molecule has 0 saturated carbocycles. The molecule has 2 aliphatic rings. The minimum atomic E-state index is -0.698. The first-order valence-electron chi connectivity index (χ1n) is 9.60. The number of methoxy groups -OCH3 is 1. The second-order valence-electron chi connectivity index (χ2n) is 7.29. The summed E-state index contributed by atoms with van der Waals surface area (Å²) in [5.74, 6) is -0.0308. The van der Waals surface area contributed by atoms with E-state index in [0.29, 0.717) is 12.8 Å². The summed E-state index contributed by atoms with van der Waals surface area (Å²) in [6.45, 7) is 5.03. The van der Waals surface area contributed by atoms with E-state index in [1.807, 2.05) is 12.1 Å². The van der Waals surface area contributed by atoms with Crippen LogP contribution in [0.5, 0.6) is 0 Å². The van der Waals surface area contributed by atoms with E-state index in [1.165, 1.54) is 44.3 Å². The summed E-state index contributed by atoms with van der Waals surface area (Å²) in [7, 11) is 1.63. The SMILES string of the molecule is COC1(C(=O)Nc2ccc(CN3CCCCCC3)cc2)CCNCC1.Cl.Cl. The van der Waals surface area contributed by atoms with Crippen molar-refractivity contribution in [2.24, 2.45) is 0 Å². The van der Waals surface area contributed by atoms with Gasteiger partial charge in [0.2, 0.25) is 0 Å². The molecule has 2 aliphatic heterocycles. The van der Waals surface area contributed by atoms with Gasteiger partial charge in [-0.25, -0.2) is 0 Å². The van der Waals surface area contributed by atoms with Crippen molar-refractivity contribution in [2.45, 2.75) is 50.7 Å². The molecule has 0 radical (unpaired) electrons. The average Bonchev–Trinajstić information content (AvgIpc) is 2.92. The Balaban J connectivity index is 0.00000182. The Morgan fingerprint density at radius 2 is 1.67 bits per heavy atom. The maximum absolute atomic E-state index is 12.7. The molecule has 0 aliphatic carbocycles. The number of nitrogens with zero attached hydrogens (tertiary/aromatic N) is 1. The number of rotatable bonds is 5. The highest BCUT2D eigenvalue weighted by Gasteiger charge is 2.39. The molecular formula is C20H33Cl2N3O2. The molecule has 0 unspecified atom stereocenters. The number of ether oxygens (including phenoxy) is 1. The van der Waals surface area contributed by atoms with Crippen molar-refractivity contribution < 1.29 is 9.53 Å². The molecule has 1 amide bonds. The Morgan fingerprint density at radius 1 is 1.07 bits per heavy atom. The Hall–Kier alpha value is -0.850. The summed E-state index contributed by atoms with van der Waals surface area (Å²) in [5, 5.41) is 6.32. The fourth-order valence-electron chi connectivity index (χ4n) is 3.85. The predicted octanol–water partition coefficient (Wildman–Crippen LogP) is 3.61. The zero-order valence-electron chi connectivity index (χ0n) is 16.2. The number of piperidine rings is 1. The number of hydrogen-bond donors (Lipinski definition) is 2. The molecule has 2 saturated heterocycles. The normalized spacial score (nSPS) is 19.9. The van der Waals surface area contributed by atoms with Crippen LogP contribution in [0.25, 0.3) is 0 Å². The summed E-state index contributed by atoms with van der Waals surface area (Å²) in [5.41, 5.74) is 1.46. The van der Waals surface area contributed by atoms with Crippen LogP contribution in [0.2, 0.25) is 0 Å². The first-order valence-corrected chi connectivity index (χ1v) is 9.60. The molecule has 1 aromatic carbocycles. The number of hydrogen-bond acceptors (Lipinski definition) is 4. The number of halogens is 2. The van der Waals surface area contributed by atoms with Gasteiger partial charge in [0.15, 0.2) is 0 Å². The fourth-order valence-corrected chi connectivity index (χ4v) is 3.85. The van der Waals surface area contributed by atoms with Crippen molar-refractivity contribution in [3.05, 3.63) is 29.8 Å². The quantitative estimate of drug-likeness (QED) is 0.767. The summed E-state index contributed by atoms with van der Waals surface area (Å²) < 4.78 is 5.59. The molecule has 2 fully saturated rings. The Bertz CT molecular complexity index is 555. The van der Waals surface area contributed by atoms with Gasteiger partial charge in [0.05, 0.1) is 0 Å².